The van der Waals surface area contributed by atoms with E-state index in [9.17, 15) is 10.1 Å². The van der Waals surface area contributed by atoms with E-state index in [0.717, 1.165) is 10.9 Å². The van der Waals surface area contributed by atoms with E-state index in [1.54, 1.807) is 19.2 Å². The van der Waals surface area contributed by atoms with Gasteiger partial charge in [0, 0.05) is 23.1 Å². The van der Waals surface area contributed by atoms with Gasteiger partial charge in [0.2, 0.25) is 0 Å². The zero-order valence-corrected chi connectivity index (χ0v) is 10.7. The topological polar surface area (TPSA) is 65.5 Å². The van der Waals surface area contributed by atoms with Crippen LogP contribution in [0.3, 0.4) is 0 Å². The molecule has 3 rings (SSSR count). The van der Waals surface area contributed by atoms with E-state index >= 15 is 0 Å². The second-order valence-corrected chi connectivity index (χ2v) is 4.29. The molecule has 0 saturated heterocycles. The number of hydrogen-bond acceptors (Lipinski definition) is 4. The van der Waals surface area contributed by atoms with Crippen molar-refractivity contribution in [3.8, 4) is 17.1 Å². The van der Waals surface area contributed by atoms with Crippen molar-refractivity contribution in [1.29, 1.82) is 0 Å². The molecule has 3 aromatic rings. The maximum absolute atomic E-state index is 10.6. The molecule has 2 aromatic carbocycles. The van der Waals surface area contributed by atoms with Crippen LogP contribution in [0.15, 0.2) is 52.9 Å². The zero-order chi connectivity index (χ0) is 14.1. The molecule has 0 aliphatic heterocycles. The molecule has 0 aliphatic rings. The van der Waals surface area contributed by atoms with E-state index in [-0.39, 0.29) is 5.69 Å². The summed E-state index contributed by atoms with van der Waals surface area (Å²) in [6.07, 6.45) is 0. The van der Waals surface area contributed by atoms with Gasteiger partial charge in [-0.25, -0.2) is 0 Å². The van der Waals surface area contributed by atoms with Crippen molar-refractivity contribution in [2.24, 2.45) is 0 Å². The molecule has 100 valence electrons. The van der Waals surface area contributed by atoms with Crippen molar-refractivity contribution in [2.75, 3.05) is 7.11 Å². The van der Waals surface area contributed by atoms with Crippen molar-refractivity contribution in [2.45, 2.75) is 0 Å². The summed E-state index contributed by atoms with van der Waals surface area (Å²) in [6.45, 7) is 0. The number of para-hydroxylation sites is 1. The number of nitro groups is 1. The largest absolute Gasteiger partial charge is 0.493 e. The number of fused-ring (bicyclic) bond motifs is 1. The second-order valence-electron chi connectivity index (χ2n) is 4.29. The Balaban J connectivity index is 2.08. The van der Waals surface area contributed by atoms with E-state index in [0.29, 0.717) is 17.1 Å². The molecule has 0 spiro atoms. The van der Waals surface area contributed by atoms with Gasteiger partial charge in [-0.3, -0.25) is 10.1 Å². The first-order valence-electron chi connectivity index (χ1n) is 6.00. The lowest BCUT2D eigenvalue weighted by molar-refractivity contribution is -0.384. The van der Waals surface area contributed by atoms with E-state index in [1.807, 2.05) is 24.3 Å². The van der Waals surface area contributed by atoms with Crippen molar-refractivity contribution in [3.05, 3.63) is 58.6 Å². The Bertz CT molecular complexity index is 774. The quantitative estimate of drug-likeness (QED) is 0.532. The Labute approximate surface area is 114 Å². The van der Waals surface area contributed by atoms with Gasteiger partial charge in [0.1, 0.15) is 5.76 Å². The van der Waals surface area contributed by atoms with Crippen LogP contribution in [0.4, 0.5) is 5.69 Å². The third kappa shape index (κ3) is 1.99. The number of non-ortho nitro benzene ring substituents is 1. The summed E-state index contributed by atoms with van der Waals surface area (Å²) in [4.78, 5) is 10.2. The molecule has 20 heavy (non-hydrogen) atoms. The first-order chi connectivity index (χ1) is 9.69. The Hall–Kier alpha value is -2.82. The second kappa shape index (κ2) is 4.70. The SMILES string of the molecule is COc1cccc2cc(-c3ccc([N+](=O)[O-])cc3)oc12. The minimum absolute atomic E-state index is 0.0578. The fourth-order valence-electron chi connectivity index (χ4n) is 2.09. The molecule has 0 aliphatic carbocycles. The van der Waals surface area contributed by atoms with Crippen molar-refractivity contribution in [3.63, 3.8) is 0 Å². The molecule has 0 atom stereocenters. The lowest BCUT2D eigenvalue weighted by Crippen LogP contribution is -1.86. The van der Waals surface area contributed by atoms with Gasteiger partial charge >= 0.3 is 0 Å². The average molecular weight is 269 g/mol. The smallest absolute Gasteiger partial charge is 0.269 e. The summed E-state index contributed by atoms with van der Waals surface area (Å²) < 4.78 is 11.0. The van der Waals surface area contributed by atoms with Gasteiger partial charge < -0.3 is 9.15 Å². The van der Waals surface area contributed by atoms with Crippen LogP contribution >= 0.6 is 0 Å². The maximum Gasteiger partial charge on any atom is 0.269 e. The third-order valence-corrected chi connectivity index (χ3v) is 3.09. The number of hydrogen-bond donors (Lipinski definition) is 0. The highest BCUT2D eigenvalue weighted by molar-refractivity contribution is 5.87. The molecule has 0 fully saturated rings. The molecule has 0 amide bonds. The highest BCUT2D eigenvalue weighted by Gasteiger charge is 2.11. The van der Waals surface area contributed by atoms with E-state index in [4.69, 9.17) is 9.15 Å². The van der Waals surface area contributed by atoms with Crippen LogP contribution in [0.5, 0.6) is 5.75 Å². The normalized spacial score (nSPS) is 10.7. The average Bonchev–Trinajstić information content (AvgIpc) is 2.91. The van der Waals surface area contributed by atoms with Crippen LogP contribution in [0.25, 0.3) is 22.3 Å². The molecule has 5 heteroatoms. The summed E-state index contributed by atoms with van der Waals surface area (Å²) in [6, 6.07) is 13.8. The van der Waals surface area contributed by atoms with Gasteiger partial charge in [-0.1, -0.05) is 12.1 Å². The standard InChI is InChI=1S/C15H11NO4/c1-19-13-4-2-3-11-9-14(20-15(11)13)10-5-7-12(8-6-10)16(17)18/h2-9H,1H3. The molecule has 0 radical (unpaired) electrons. The Morgan fingerprint density at radius 3 is 2.55 bits per heavy atom. The van der Waals surface area contributed by atoms with Crippen molar-refractivity contribution >= 4 is 16.7 Å². The molecular formula is C15H11NO4. The maximum atomic E-state index is 10.6. The summed E-state index contributed by atoms with van der Waals surface area (Å²) in [5, 5.41) is 11.6. The molecule has 1 aromatic heterocycles. The molecule has 0 saturated carbocycles. The molecular weight excluding hydrogens is 258 g/mol. The number of nitro benzene ring substituents is 1. The molecule has 0 bridgehead atoms. The van der Waals surface area contributed by atoms with Gasteiger partial charge in [-0.15, -0.1) is 0 Å². The zero-order valence-electron chi connectivity index (χ0n) is 10.7. The minimum atomic E-state index is -0.425. The van der Waals surface area contributed by atoms with Crippen molar-refractivity contribution in [1.82, 2.24) is 0 Å². The summed E-state index contributed by atoms with van der Waals surface area (Å²) >= 11 is 0. The van der Waals surface area contributed by atoms with Gasteiger partial charge in [-0.2, -0.15) is 0 Å². The molecule has 1 heterocycles. The van der Waals surface area contributed by atoms with Crippen molar-refractivity contribution < 1.29 is 14.1 Å². The fraction of sp³-hybridized carbons (Fsp3) is 0.0667. The van der Waals surface area contributed by atoms with Gasteiger partial charge in [-0.05, 0) is 24.3 Å². The first kappa shape index (κ1) is 12.2. The van der Waals surface area contributed by atoms with Crippen LogP contribution in [0.1, 0.15) is 0 Å². The Kier molecular flexibility index (Phi) is 2.87. The number of furan rings is 1. The summed E-state index contributed by atoms with van der Waals surface area (Å²) in [5.74, 6) is 1.31. The first-order valence-corrected chi connectivity index (χ1v) is 6.00. The number of rotatable bonds is 3. The Morgan fingerprint density at radius 1 is 1.15 bits per heavy atom. The highest BCUT2D eigenvalue weighted by Crippen LogP contribution is 2.33. The third-order valence-electron chi connectivity index (χ3n) is 3.09. The lowest BCUT2D eigenvalue weighted by atomic mass is 10.1. The fourth-order valence-corrected chi connectivity index (χ4v) is 2.09. The van der Waals surface area contributed by atoms with Crippen LogP contribution in [0.2, 0.25) is 0 Å². The van der Waals surface area contributed by atoms with Crippen LogP contribution in [0, 0.1) is 10.1 Å². The van der Waals surface area contributed by atoms with Gasteiger partial charge in [0.25, 0.3) is 5.69 Å². The van der Waals surface area contributed by atoms with Crippen LogP contribution < -0.4 is 4.74 Å². The van der Waals surface area contributed by atoms with Gasteiger partial charge in [0.05, 0.1) is 12.0 Å². The van der Waals surface area contributed by atoms with E-state index in [2.05, 4.69) is 0 Å². The molecule has 0 unspecified atom stereocenters. The van der Waals surface area contributed by atoms with Crippen LogP contribution in [-0.2, 0) is 0 Å². The summed E-state index contributed by atoms with van der Waals surface area (Å²) in [5.41, 5.74) is 1.51. The number of nitrogens with zero attached hydrogens (tertiary/aromatic N) is 1. The highest BCUT2D eigenvalue weighted by atomic mass is 16.6. The lowest BCUT2D eigenvalue weighted by Gasteiger charge is -1.99. The molecule has 0 N–H and O–H groups in total. The monoisotopic (exact) mass is 269 g/mol. The number of benzene rings is 2. The van der Waals surface area contributed by atoms with E-state index < -0.39 is 4.92 Å². The summed E-state index contributed by atoms with van der Waals surface area (Å²) in [7, 11) is 1.59. The van der Waals surface area contributed by atoms with Gasteiger partial charge in [0.15, 0.2) is 11.3 Å². The predicted molar refractivity (Wildman–Crippen MR) is 74.9 cm³/mol. The van der Waals surface area contributed by atoms with Crippen LogP contribution in [-0.4, -0.2) is 12.0 Å². The van der Waals surface area contributed by atoms with E-state index in [1.165, 1.54) is 12.1 Å². The Morgan fingerprint density at radius 2 is 1.90 bits per heavy atom. The minimum Gasteiger partial charge on any atom is -0.493 e. The number of methoxy groups -OCH3 is 1. The predicted octanol–water partition coefficient (Wildman–Crippen LogP) is 4.02. The number of ether oxygens (including phenoxy) is 1. The molecule has 5 nitrogen and oxygen atoms in total.